The summed E-state index contributed by atoms with van der Waals surface area (Å²) in [6.07, 6.45) is 2.40. The van der Waals surface area contributed by atoms with Crippen molar-refractivity contribution in [3.05, 3.63) is 65.5 Å². The summed E-state index contributed by atoms with van der Waals surface area (Å²) in [6.45, 7) is 5.25. The predicted octanol–water partition coefficient (Wildman–Crippen LogP) is 3.10. The third kappa shape index (κ3) is 5.91. The molecule has 0 spiro atoms. The number of benzene rings is 2. The molecule has 3 aromatic rings. The molecule has 1 N–H and O–H groups in total. The highest BCUT2D eigenvalue weighted by Crippen LogP contribution is 2.26. The number of halogens is 1. The van der Waals surface area contributed by atoms with Crippen molar-refractivity contribution < 1.29 is 17.6 Å². The number of sulfone groups is 1. The van der Waals surface area contributed by atoms with Crippen molar-refractivity contribution in [2.45, 2.75) is 19.4 Å². The minimum atomic E-state index is -2.90. The van der Waals surface area contributed by atoms with E-state index in [1.165, 1.54) is 25.0 Å². The number of hydrogen-bond acceptors (Lipinski definition) is 6. The molecule has 9 heteroatoms. The molecule has 3 heterocycles. The molecule has 2 aromatic carbocycles. The fourth-order valence-electron chi connectivity index (χ4n) is 4.91. The quantitative estimate of drug-likeness (QED) is 0.526. The van der Waals surface area contributed by atoms with Crippen LogP contribution in [0.25, 0.3) is 22.2 Å². The first kappa shape index (κ1) is 24.8. The molecule has 7 nitrogen and oxygen atoms in total. The first-order valence-corrected chi connectivity index (χ1v) is 14.3. The van der Waals surface area contributed by atoms with E-state index in [1.54, 1.807) is 12.1 Å². The Labute approximate surface area is 211 Å². The number of carbonyl (C=O) groups excluding carboxylic acids is 1. The highest BCUT2D eigenvalue weighted by Gasteiger charge is 2.21. The van der Waals surface area contributed by atoms with Gasteiger partial charge in [0.1, 0.15) is 5.82 Å². The largest absolute Gasteiger partial charge is 0.351 e. The van der Waals surface area contributed by atoms with Gasteiger partial charge in [0, 0.05) is 43.7 Å². The standard InChI is InChI=1S/C27H31FN4O3S/c28-22-7-8-25-23(17-22)24(27(33)29-9-12-31-10-1-2-11-31)18-26(30-25)21-5-3-20(4-6-21)19-32-13-15-36(34,35)16-14-32/h3-8,17-18H,1-2,9-16,19H2,(H,29,33). The molecule has 2 aliphatic rings. The molecule has 0 aliphatic carbocycles. The smallest absolute Gasteiger partial charge is 0.252 e. The van der Waals surface area contributed by atoms with Gasteiger partial charge in [-0.05, 0) is 55.8 Å². The number of nitrogens with zero attached hydrogens (tertiary/aromatic N) is 3. The van der Waals surface area contributed by atoms with Crippen LogP contribution in [0.5, 0.6) is 0 Å². The molecule has 0 radical (unpaired) electrons. The molecular weight excluding hydrogens is 479 g/mol. The van der Waals surface area contributed by atoms with Crippen molar-refractivity contribution in [3.8, 4) is 11.3 Å². The van der Waals surface area contributed by atoms with E-state index in [0.29, 0.717) is 48.3 Å². The number of amides is 1. The molecule has 0 unspecified atom stereocenters. The lowest BCUT2D eigenvalue weighted by atomic mass is 10.0. The normalized spacial score (nSPS) is 18.5. The highest BCUT2D eigenvalue weighted by molar-refractivity contribution is 7.91. The number of pyridine rings is 1. The van der Waals surface area contributed by atoms with Crippen LogP contribution in [0.15, 0.2) is 48.5 Å². The van der Waals surface area contributed by atoms with Crippen LogP contribution in [-0.2, 0) is 16.4 Å². The topological polar surface area (TPSA) is 82.6 Å². The van der Waals surface area contributed by atoms with E-state index in [9.17, 15) is 17.6 Å². The Morgan fingerprint density at radius 2 is 1.67 bits per heavy atom. The third-order valence-electron chi connectivity index (χ3n) is 7.02. The molecule has 1 aromatic heterocycles. The summed E-state index contributed by atoms with van der Waals surface area (Å²) in [5.41, 5.74) is 3.57. The third-order valence-corrected chi connectivity index (χ3v) is 8.63. The van der Waals surface area contributed by atoms with Crippen LogP contribution in [0.4, 0.5) is 4.39 Å². The number of rotatable bonds is 7. The van der Waals surface area contributed by atoms with Crippen LogP contribution in [0, 0.1) is 5.82 Å². The second kappa shape index (κ2) is 10.6. The fraction of sp³-hybridized carbons (Fsp3) is 0.407. The average Bonchev–Trinajstić information content (AvgIpc) is 3.39. The van der Waals surface area contributed by atoms with E-state index in [-0.39, 0.29) is 17.4 Å². The Morgan fingerprint density at radius 1 is 0.944 bits per heavy atom. The van der Waals surface area contributed by atoms with Gasteiger partial charge >= 0.3 is 0 Å². The molecule has 1 amide bonds. The molecule has 2 aliphatic heterocycles. The molecule has 0 saturated carbocycles. The fourth-order valence-corrected chi connectivity index (χ4v) is 6.19. The van der Waals surface area contributed by atoms with Crippen LogP contribution in [0.1, 0.15) is 28.8 Å². The van der Waals surface area contributed by atoms with Crippen molar-refractivity contribution in [2.24, 2.45) is 0 Å². The van der Waals surface area contributed by atoms with Gasteiger partial charge in [0.25, 0.3) is 5.91 Å². The first-order chi connectivity index (χ1) is 17.4. The Hall–Kier alpha value is -2.88. The van der Waals surface area contributed by atoms with Crippen LogP contribution in [-0.4, -0.2) is 79.9 Å². The van der Waals surface area contributed by atoms with Crippen LogP contribution in [0.3, 0.4) is 0 Å². The number of nitrogens with one attached hydrogen (secondary N) is 1. The molecule has 36 heavy (non-hydrogen) atoms. The van der Waals surface area contributed by atoms with Gasteiger partial charge in [0.15, 0.2) is 9.84 Å². The summed E-state index contributed by atoms with van der Waals surface area (Å²) in [5.74, 6) is -0.228. The summed E-state index contributed by atoms with van der Waals surface area (Å²) < 4.78 is 37.4. The van der Waals surface area contributed by atoms with Crippen LogP contribution >= 0.6 is 0 Å². The number of fused-ring (bicyclic) bond motifs is 1. The number of carbonyl (C=O) groups is 1. The maximum absolute atomic E-state index is 14.0. The SMILES string of the molecule is O=C(NCCN1CCCC1)c1cc(-c2ccc(CN3CCS(=O)(=O)CC3)cc2)nc2ccc(F)cc12. The lowest BCUT2D eigenvalue weighted by Gasteiger charge is -2.26. The van der Waals surface area contributed by atoms with Crippen LogP contribution in [0.2, 0.25) is 0 Å². The van der Waals surface area contributed by atoms with Gasteiger partial charge in [0.05, 0.1) is 28.3 Å². The predicted molar refractivity (Wildman–Crippen MR) is 139 cm³/mol. The lowest BCUT2D eigenvalue weighted by molar-refractivity contribution is 0.0951. The van der Waals surface area contributed by atoms with E-state index in [1.807, 2.05) is 24.3 Å². The second-order valence-electron chi connectivity index (χ2n) is 9.65. The van der Waals surface area contributed by atoms with Gasteiger partial charge in [-0.3, -0.25) is 9.69 Å². The minimum Gasteiger partial charge on any atom is -0.351 e. The molecule has 2 fully saturated rings. The van der Waals surface area contributed by atoms with Crippen molar-refractivity contribution in [2.75, 3.05) is 50.8 Å². The Bertz CT molecular complexity index is 1340. The minimum absolute atomic E-state index is 0.204. The zero-order chi connectivity index (χ0) is 25.1. The van der Waals surface area contributed by atoms with Crippen molar-refractivity contribution in [1.82, 2.24) is 20.1 Å². The van der Waals surface area contributed by atoms with Crippen LogP contribution < -0.4 is 5.32 Å². The van der Waals surface area contributed by atoms with E-state index in [4.69, 9.17) is 4.98 Å². The van der Waals surface area contributed by atoms with Crippen molar-refractivity contribution in [1.29, 1.82) is 0 Å². The monoisotopic (exact) mass is 510 g/mol. The Balaban J connectivity index is 1.34. The summed E-state index contributed by atoms with van der Waals surface area (Å²) in [5, 5.41) is 3.49. The molecule has 5 rings (SSSR count). The van der Waals surface area contributed by atoms with E-state index < -0.39 is 15.7 Å². The summed E-state index contributed by atoms with van der Waals surface area (Å²) in [4.78, 5) is 22.3. The summed E-state index contributed by atoms with van der Waals surface area (Å²) >= 11 is 0. The maximum Gasteiger partial charge on any atom is 0.252 e. The molecule has 2 saturated heterocycles. The van der Waals surface area contributed by atoms with Gasteiger partial charge in [-0.1, -0.05) is 24.3 Å². The maximum atomic E-state index is 14.0. The van der Waals surface area contributed by atoms with Gasteiger partial charge in [-0.2, -0.15) is 0 Å². The highest BCUT2D eigenvalue weighted by atomic mass is 32.2. The second-order valence-corrected chi connectivity index (χ2v) is 11.9. The summed E-state index contributed by atoms with van der Waals surface area (Å²) in [6, 6.07) is 14.0. The molecule has 0 bridgehead atoms. The van der Waals surface area contributed by atoms with Gasteiger partial charge in [-0.25, -0.2) is 17.8 Å². The lowest BCUT2D eigenvalue weighted by Crippen LogP contribution is -2.39. The van der Waals surface area contributed by atoms with Crippen molar-refractivity contribution in [3.63, 3.8) is 0 Å². The number of hydrogen-bond donors (Lipinski definition) is 1. The van der Waals surface area contributed by atoms with Gasteiger partial charge in [-0.15, -0.1) is 0 Å². The molecular formula is C27H31FN4O3S. The average molecular weight is 511 g/mol. The number of likely N-dealkylation sites (tertiary alicyclic amines) is 1. The zero-order valence-electron chi connectivity index (χ0n) is 20.2. The van der Waals surface area contributed by atoms with E-state index >= 15 is 0 Å². The molecule has 190 valence electrons. The Kier molecular flexibility index (Phi) is 7.32. The van der Waals surface area contributed by atoms with Gasteiger partial charge < -0.3 is 10.2 Å². The van der Waals surface area contributed by atoms with Gasteiger partial charge in [0.2, 0.25) is 0 Å². The van der Waals surface area contributed by atoms with E-state index in [2.05, 4.69) is 15.1 Å². The number of aromatic nitrogens is 1. The Morgan fingerprint density at radius 3 is 2.39 bits per heavy atom. The first-order valence-electron chi connectivity index (χ1n) is 12.5. The van der Waals surface area contributed by atoms with E-state index in [0.717, 1.165) is 30.8 Å². The molecule has 0 atom stereocenters. The zero-order valence-corrected chi connectivity index (χ0v) is 21.1. The van der Waals surface area contributed by atoms with Crippen molar-refractivity contribution >= 4 is 26.6 Å². The summed E-state index contributed by atoms with van der Waals surface area (Å²) in [7, 11) is -2.90.